The van der Waals surface area contributed by atoms with E-state index in [2.05, 4.69) is 12.2 Å². The van der Waals surface area contributed by atoms with E-state index in [1.807, 2.05) is 30.5 Å². The molecule has 0 aromatic heterocycles. The van der Waals surface area contributed by atoms with Crippen LogP contribution in [-0.2, 0) is 4.79 Å². The molecular formula is C16H20N2O. The molecule has 1 heterocycles. The van der Waals surface area contributed by atoms with Crippen molar-refractivity contribution in [2.45, 2.75) is 44.6 Å². The number of nitrogens with zero attached hydrogens (tertiary/aromatic N) is 1. The van der Waals surface area contributed by atoms with Gasteiger partial charge in [0.05, 0.1) is 6.04 Å². The van der Waals surface area contributed by atoms with Gasteiger partial charge in [-0.1, -0.05) is 38.0 Å². The first-order chi connectivity index (χ1) is 9.25. The van der Waals surface area contributed by atoms with Gasteiger partial charge in [-0.3, -0.25) is 9.79 Å². The highest BCUT2D eigenvalue weighted by Crippen LogP contribution is 2.32. The first-order valence-electron chi connectivity index (χ1n) is 7.19. The van der Waals surface area contributed by atoms with Crippen molar-refractivity contribution in [1.82, 2.24) is 0 Å². The number of aliphatic imine (C=N–C) groups is 1. The van der Waals surface area contributed by atoms with Gasteiger partial charge in [0.2, 0.25) is 5.91 Å². The molecule has 3 nitrogen and oxygen atoms in total. The fraction of sp³-hybridized carbons (Fsp3) is 0.500. The Labute approximate surface area is 114 Å². The minimum atomic E-state index is -0.203. The Morgan fingerprint density at radius 2 is 2.05 bits per heavy atom. The number of nitrogens with one attached hydrogen (secondary N) is 1. The number of fused-ring (bicyclic) bond motifs is 1. The lowest BCUT2D eigenvalue weighted by Gasteiger charge is -2.25. The number of carbonyl (C=O) groups excluding carboxylic acids is 1. The third-order valence-electron chi connectivity index (χ3n) is 4.33. The van der Waals surface area contributed by atoms with Crippen LogP contribution in [0.15, 0.2) is 29.3 Å². The summed E-state index contributed by atoms with van der Waals surface area (Å²) in [6.45, 7) is 2.27. The largest absolute Gasteiger partial charge is 0.325 e. The molecule has 0 saturated heterocycles. The monoisotopic (exact) mass is 256 g/mol. The van der Waals surface area contributed by atoms with Crippen molar-refractivity contribution < 1.29 is 4.79 Å². The molecule has 3 rings (SSSR count). The summed E-state index contributed by atoms with van der Waals surface area (Å²) in [6.07, 6.45) is 6.87. The standard InChI is InChI=1S/C16H20N2O/c1-11-6-2-4-8-14(11)17-10-13-12-7-3-5-9-15(12)18-16(13)19/h3,5,7,9-11,13-14H,2,4,6,8H2,1H3,(H,18,19)/t11-,13?,14-/m1/s1. The van der Waals surface area contributed by atoms with Crippen LogP contribution in [0.1, 0.15) is 44.1 Å². The van der Waals surface area contributed by atoms with Gasteiger partial charge < -0.3 is 5.32 Å². The van der Waals surface area contributed by atoms with Crippen LogP contribution in [0.4, 0.5) is 5.69 Å². The van der Waals surface area contributed by atoms with Gasteiger partial charge in [-0.05, 0) is 30.4 Å². The highest BCUT2D eigenvalue weighted by Gasteiger charge is 2.29. The van der Waals surface area contributed by atoms with Gasteiger partial charge in [-0.2, -0.15) is 0 Å². The van der Waals surface area contributed by atoms with E-state index in [0.29, 0.717) is 12.0 Å². The molecule has 1 aliphatic carbocycles. The van der Waals surface area contributed by atoms with Crippen molar-refractivity contribution in [1.29, 1.82) is 0 Å². The minimum absolute atomic E-state index is 0.0495. The second kappa shape index (κ2) is 5.16. The Bertz CT molecular complexity index is 509. The van der Waals surface area contributed by atoms with Crippen molar-refractivity contribution in [3.05, 3.63) is 29.8 Å². The topological polar surface area (TPSA) is 41.5 Å². The van der Waals surface area contributed by atoms with Gasteiger partial charge in [0, 0.05) is 11.9 Å². The lowest BCUT2D eigenvalue weighted by Crippen LogP contribution is -2.22. The number of amides is 1. The molecule has 3 atom stereocenters. The van der Waals surface area contributed by atoms with E-state index in [4.69, 9.17) is 4.99 Å². The summed E-state index contributed by atoms with van der Waals surface area (Å²) in [5.41, 5.74) is 1.99. The maximum absolute atomic E-state index is 12.0. The van der Waals surface area contributed by atoms with Gasteiger partial charge in [-0.25, -0.2) is 0 Å². The molecule has 100 valence electrons. The summed E-state index contributed by atoms with van der Waals surface area (Å²) < 4.78 is 0. The molecule has 0 bridgehead atoms. The van der Waals surface area contributed by atoms with Crippen LogP contribution in [0.3, 0.4) is 0 Å². The molecule has 0 spiro atoms. The number of para-hydroxylation sites is 1. The zero-order valence-corrected chi connectivity index (χ0v) is 11.3. The van der Waals surface area contributed by atoms with Crippen molar-refractivity contribution >= 4 is 17.8 Å². The first kappa shape index (κ1) is 12.4. The van der Waals surface area contributed by atoms with E-state index >= 15 is 0 Å². The Balaban J connectivity index is 1.77. The molecule has 2 aliphatic rings. The average Bonchev–Trinajstić information content (AvgIpc) is 2.74. The van der Waals surface area contributed by atoms with Crippen LogP contribution in [0.5, 0.6) is 0 Å². The molecule has 1 aromatic carbocycles. The normalized spacial score (nSPS) is 30.4. The van der Waals surface area contributed by atoms with E-state index in [1.54, 1.807) is 0 Å². The van der Waals surface area contributed by atoms with Crippen LogP contribution >= 0.6 is 0 Å². The molecule has 0 radical (unpaired) electrons. The SMILES string of the molecule is C[C@@H]1CCCC[C@H]1N=CC1C(=O)Nc2ccccc21. The predicted octanol–water partition coefficient (Wildman–Crippen LogP) is 3.37. The molecule has 1 N–H and O–H groups in total. The molecule has 19 heavy (non-hydrogen) atoms. The van der Waals surface area contributed by atoms with Gasteiger partial charge >= 0.3 is 0 Å². The fourth-order valence-electron chi connectivity index (χ4n) is 3.10. The zero-order valence-electron chi connectivity index (χ0n) is 11.3. The maximum Gasteiger partial charge on any atom is 0.237 e. The van der Waals surface area contributed by atoms with E-state index < -0.39 is 0 Å². The summed E-state index contributed by atoms with van der Waals surface area (Å²) in [5.74, 6) is 0.489. The third-order valence-corrected chi connectivity index (χ3v) is 4.33. The molecular weight excluding hydrogens is 236 g/mol. The van der Waals surface area contributed by atoms with Crippen LogP contribution in [0, 0.1) is 5.92 Å². The number of carbonyl (C=O) groups is 1. The smallest absolute Gasteiger partial charge is 0.237 e. The molecule has 1 aromatic rings. The van der Waals surface area contributed by atoms with Crippen molar-refractivity contribution in [2.75, 3.05) is 5.32 Å². The van der Waals surface area contributed by atoms with Gasteiger partial charge in [0.15, 0.2) is 0 Å². The van der Waals surface area contributed by atoms with Crippen molar-refractivity contribution in [3.8, 4) is 0 Å². The Morgan fingerprint density at radius 1 is 1.26 bits per heavy atom. The lowest BCUT2D eigenvalue weighted by atomic mass is 9.86. The predicted molar refractivity (Wildman–Crippen MR) is 77.7 cm³/mol. The fourth-order valence-corrected chi connectivity index (χ4v) is 3.10. The zero-order chi connectivity index (χ0) is 13.2. The summed E-state index contributed by atoms with van der Waals surface area (Å²) in [4.78, 5) is 16.7. The van der Waals surface area contributed by atoms with Gasteiger partial charge in [0.1, 0.15) is 5.92 Å². The van der Waals surface area contributed by atoms with Crippen LogP contribution in [0.2, 0.25) is 0 Å². The Hall–Kier alpha value is -1.64. The maximum atomic E-state index is 12.0. The lowest BCUT2D eigenvalue weighted by molar-refractivity contribution is -0.115. The van der Waals surface area contributed by atoms with Crippen LogP contribution < -0.4 is 5.32 Å². The van der Waals surface area contributed by atoms with Gasteiger partial charge in [0.25, 0.3) is 0 Å². The molecule has 3 heteroatoms. The Morgan fingerprint density at radius 3 is 2.89 bits per heavy atom. The molecule has 1 saturated carbocycles. The quantitative estimate of drug-likeness (QED) is 0.810. The molecule has 1 fully saturated rings. The number of anilines is 1. The van der Waals surface area contributed by atoms with E-state index in [9.17, 15) is 4.79 Å². The van der Waals surface area contributed by atoms with Crippen molar-refractivity contribution in [2.24, 2.45) is 10.9 Å². The average molecular weight is 256 g/mol. The second-order valence-electron chi connectivity index (χ2n) is 5.68. The summed E-state index contributed by atoms with van der Waals surface area (Å²) in [5, 5.41) is 2.92. The minimum Gasteiger partial charge on any atom is -0.325 e. The number of hydrogen-bond acceptors (Lipinski definition) is 2. The van der Waals surface area contributed by atoms with Crippen LogP contribution in [0.25, 0.3) is 0 Å². The highest BCUT2D eigenvalue weighted by atomic mass is 16.2. The number of hydrogen-bond donors (Lipinski definition) is 1. The van der Waals surface area contributed by atoms with E-state index in [1.165, 1.54) is 19.3 Å². The summed E-state index contributed by atoms with van der Waals surface area (Å²) in [7, 11) is 0. The summed E-state index contributed by atoms with van der Waals surface area (Å²) >= 11 is 0. The van der Waals surface area contributed by atoms with E-state index in [-0.39, 0.29) is 11.8 Å². The summed E-state index contributed by atoms with van der Waals surface area (Å²) in [6, 6.07) is 8.28. The second-order valence-corrected chi connectivity index (χ2v) is 5.68. The molecule has 1 aliphatic heterocycles. The number of benzene rings is 1. The van der Waals surface area contributed by atoms with Crippen LogP contribution in [-0.4, -0.2) is 18.2 Å². The third kappa shape index (κ3) is 2.42. The molecule has 1 amide bonds. The van der Waals surface area contributed by atoms with Gasteiger partial charge in [-0.15, -0.1) is 0 Å². The van der Waals surface area contributed by atoms with E-state index in [0.717, 1.165) is 17.7 Å². The van der Waals surface area contributed by atoms with Crippen molar-refractivity contribution in [3.63, 3.8) is 0 Å². The Kier molecular flexibility index (Phi) is 3.36. The number of rotatable bonds is 2. The first-order valence-corrected chi connectivity index (χ1v) is 7.19. The molecule has 1 unspecified atom stereocenters. The highest BCUT2D eigenvalue weighted by molar-refractivity contribution is 6.12.